The van der Waals surface area contributed by atoms with Crippen LogP contribution in [-0.2, 0) is 9.47 Å². The molecule has 0 aromatic rings. The van der Waals surface area contributed by atoms with Crippen molar-refractivity contribution in [3.8, 4) is 0 Å². The van der Waals surface area contributed by atoms with Crippen LogP contribution in [0.2, 0.25) is 0 Å². The first-order valence-corrected chi connectivity index (χ1v) is 5.99. The minimum atomic E-state index is -0.774. The van der Waals surface area contributed by atoms with Gasteiger partial charge in [-0.3, -0.25) is 0 Å². The maximum absolute atomic E-state index is 9.19. The van der Waals surface area contributed by atoms with Crippen molar-refractivity contribution in [2.24, 2.45) is 0 Å². The fourth-order valence-corrected chi connectivity index (χ4v) is 2.44. The maximum atomic E-state index is 9.19. The minimum absolute atomic E-state index is 0.0000830. The fraction of sp³-hybridized carbons (Fsp3) is 1.00. The predicted octanol–water partition coefficient (Wildman–Crippen LogP) is -0.733. The molecule has 3 N–H and O–H groups in total. The Morgan fingerprint density at radius 1 is 1.44 bits per heavy atom. The van der Waals surface area contributed by atoms with E-state index in [-0.39, 0.29) is 24.9 Å². The van der Waals surface area contributed by atoms with Gasteiger partial charge in [0.1, 0.15) is 6.10 Å². The van der Waals surface area contributed by atoms with E-state index in [1.165, 1.54) is 0 Å². The summed E-state index contributed by atoms with van der Waals surface area (Å²) in [6, 6.07) is 0. The summed E-state index contributed by atoms with van der Waals surface area (Å²) in [6.45, 7) is 2.57. The van der Waals surface area contributed by atoms with Crippen LogP contribution in [0, 0.1) is 0 Å². The van der Waals surface area contributed by atoms with Crippen molar-refractivity contribution < 1.29 is 19.7 Å². The average Bonchev–Trinajstić information content (AvgIpc) is 2.70. The van der Waals surface area contributed by atoms with E-state index >= 15 is 0 Å². The van der Waals surface area contributed by atoms with Crippen molar-refractivity contribution in [1.82, 2.24) is 5.32 Å². The Morgan fingerprint density at radius 2 is 2.19 bits per heavy atom. The Morgan fingerprint density at radius 3 is 2.88 bits per heavy atom. The molecule has 0 amide bonds. The van der Waals surface area contributed by atoms with Crippen LogP contribution in [0.3, 0.4) is 0 Å². The summed E-state index contributed by atoms with van der Waals surface area (Å²) in [7, 11) is 0. The number of aliphatic hydroxyl groups excluding tert-OH is 2. The van der Waals surface area contributed by atoms with Crippen LogP contribution in [0.15, 0.2) is 0 Å². The molecule has 0 saturated carbocycles. The van der Waals surface area contributed by atoms with Crippen molar-refractivity contribution in [2.45, 2.75) is 37.1 Å². The number of rotatable bonds is 4. The molecule has 0 aromatic carbocycles. The van der Waals surface area contributed by atoms with Gasteiger partial charge in [-0.25, -0.2) is 0 Å². The second-order valence-corrected chi connectivity index (χ2v) is 4.74. The number of hydrogen-bond donors (Lipinski definition) is 3. The minimum Gasteiger partial charge on any atom is -0.394 e. The van der Waals surface area contributed by atoms with E-state index in [0.717, 1.165) is 32.4 Å². The average molecular weight is 231 g/mol. The SMILES string of the molecule is OCC(O)COC1COC2(CCNCC2)C1. The highest BCUT2D eigenvalue weighted by molar-refractivity contribution is 4.93. The van der Waals surface area contributed by atoms with Gasteiger partial charge in [0.15, 0.2) is 0 Å². The molecule has 5 nitrogen and oxygen atoms in total. The van der Waals surface area contributed by atoms with Gasteiger partial charge in [-0.1, -0.05) is 0 Å². The highest BCUT2D eigenvalue weighted by Crippen LogP contribution is 2.35. The van der Waals surface area contributed by atoms with Gasteiger partial charge in [-0.15, -0.1) is 0 Å². The molecule has 0 radical (unpaired) electrons. The Kier molecular flexibility index (Phi) is 4.16. The monoisotopic (exact) mass is 231 g/mol. The quantitative estimate of drug-likeness (QED) is 0.595. The van der Waals surface area contributed by atoms with E-state index in [1.54, 1.807) is 0 Å². The molecule has 2 fully saturated rings. The molecule has 0 aromatic heterocycles. The smallest absolute Gasteiger partial charge is 0.100 e. The van der Waals surface area contributed by atoms with Crippen molar-refractivity contribution in [2.75, 3.05) is 32.9 Å². The third-order valence-corrected chi connectivity index (χ3v) is 3.42. The molecule has 16 heavy (non-hydrogen) atoms. The van der Waals surface area contributed by atoms with E-state index < -0.39 is 6.10 Å². The van der Waals surface area contributed by atoms with Gasteiger partial charge in [0, 0.05) is 6.42 Å². The standard InChI is InChI=1S/C11H21NO4/c13-6-9(14)7-15-10-5-11(16-8-10)1-3-12-4-2-11/h9-10,12-14H,1-8H2. The van der Waals surface area contributed by atoms with Gasteiger partial charge >= 0.3 is 0 Å². The summed E-state index contributed by atoms with van der Waals surface area (Å²) in [5, 5.41) is 21.2. The number of piperidine rings is 1. The second kappa shape index (κ2) is 5.42. The predicted molar refractivity (Wildman–Crippen MR) is 58.2 cm³/mol. The van der Waals surface area contributed by atoms with Crippen molar-refractivity contribution in [1.29, 1.82) is 0 Å². The zero-order valence-corrected chi connectivity index (χ0v) is 9.52. The lowest BCUT2D eigenvalue weighted by atomic mass is 9.89. The fourth-order valence-electron chi connectivity index (χ4n) is 2.44. The molecule has 2 unspecified atom stereocenters. The van der Waals surface area contributed by atoms with E-state index in [1.807, 2.05) is 0 Å². The third kappa shape index (κ3) is 2.93. The van der Waals surface area contributed by atoms with Gasteiger partial charge in [-0.05, 0) is 25.9 Å². The Balaban J connectivity index is 1.74. The molecule has 2 atom stereocenters. The van der Waals surface area contributed by atoms with Gasteiger partial charge in [0.25, 0.3) is 0 Å². The number of ether oxygens (including phenoxy) is 2. The van der Waals surface area contributed by atoms with Gasteiger partial charge < -0.3 is 25.0 Å². The molecule has 5 heteroatoms. The molecule has 1 spiro atoms. The molecular formula is C11H21NO4. The van der Waals surface area contributed by atoms with E-state index in [4.69, 9.17) is 14.6 Å². The molecule has 2 saturated heterocycles. The van der Waals surface area contributed by atoms with Crippen molar-refractivity contribution in [3.05, 3.63) is 0 Å². The second-order valence-electron chi connectivity index (χ2n) is 4.74. The van der Waals surface area contributed by atoms with Gasteiger partial charge in [0.2, 0.25) is 0 Å². The summed E-state index contributed by atoms with van der Waals surface area (Å²) in [5.74, 6) is 0. The zero-order chi connectivity index (χ0) is 11.4. The molecule has 2 aliphatic heterocycles. The molecule has 0 bridgehead atoms. The highest BCUT2D eigenvalue weighted by Gasteiger charge is 2.41. The largest absolute Gasteiger partial charge is 0.394 e. The Labute approximate surface area is 95.7 Å². The Hall–Kier alpha value is -0.200. The molecule has 2 rings (SSSR count). The summed E-state index contributed by atoms with van der Waals surface area (Å²) < 4.78 is 11.4. The Bertz CT molecular complexity index is 218. The molecule has 2 aliphatic rings. The summed E-state index contributed by atoms with van der Waals surface area (Å²) >= 11 is 0. The lowest BCUT2D eigenvalue weighted by molar-refractivity contribution is -0.0374. The first-order valence-electron chi connectivity index (χ1n) is 5.99. The number of hydrogen-bond acceptors (Lipinski definition) is 5. The van der Waals surface area contributed by atoms with Crippen LogP contribution in [0.4, 0.5) is 0 Å². The molecule has 0 aliphatic carbocycles. The maximum Gasteiger partial charge on any atom is 0.100 e. The van der Waals surface area contributed by atoms with E-state index in [2.05, 4.69) is 5.32 Å². The zero-order valence-electron chi connectivity index (χ0n) is 9.52. The van der Waals surface area contributed by atoms with Crippen molar-refractivity contribution >= 4 is 0 Å². The van der Waals surface area contributed by atoms with Crippen LogP contribution in [0.5, 0.6) is 0 Å². The van der Waals surface area contributed by atoms with Crippen molar-refractivity contribution in [3.63, 3.8) is 0 Å². The summed E-state index contributed by atoms with van der Waals surface area (Å²) in [5.41, 5.74) is 0.0000830. The molecule has 94 valence electrons. The van der Waals surface area contributed by atoms with Crippen LogP contribution in [-0.4, -0.2) is 60.9 Å². The van der Waals surface area contributed by atoms with Crippen LogP contribution in [0.1, 0.15) is 19.3 Å². The third-order valence-electron chi connectivity index (χ3n) is 3.42. The first kappa shape index (κ1) is 12.3. The van der Waals surface area contributed by atoms with Gasteiger partial charge in [-0.2, -0.15) is 0 Å². The molecular weight excluding hydrogens is 210 g/mol. The number of nitrogens with one attached hydrogen (secondary N) is 1. The van der Waals surface area contributed by atoms with E-state index in [0.29, 0.717) is 6.61 Å². The number of aliphatic hydroxyl groups is 2. The summed E-state index contributed by atoms with van der Waals surface area (Å²) in [4.78, 5) is 0. The van der Waals surface area contributed by atoms with E-state index in [9.17, 15) is 5.11 Å². The molecule has 2 heterocycles. The normalized spacial score (nSPS) is 30.8. The highest BCUT2D eigenvalue weighted by atomic mass is 16.6. The lowest BCUT2D eigenvalue weighted by Crippen LogP contribution is -2.41. The van der Waals surface area contributed by atoms with Gasteiger partial charge in [0.05, 0.1) is 31.5 Å². The first-order chi connectivity index (χ1) is 7.74. The summed E-state index contributed by atoms with van der Waals surface area (Å²) in [6.07, 6.45) is 2.28. The van der Waals surface area contributed by atoms with Crippen LogP contribution >= 0.6 is 0 Å². The lowest BCUT2D eigenvalue weighted by Gasteiger charge is -2.32. The van der Waals surface area contributed by atoms with Crippen LogP contribution < -0.4 is 5.32 Å². The van der Waals surface area contributed by atoms with Crippen LogP contribution in [0.25, 0.3) is 0 Å². The topological polar surface area (TPSA) is 71.0 Å².